The van der Waals surface area contributed by atoms with Crippen LogP contribution in [0.15, 0.2) is 18.2 Å². The van der Waals surface area contributed by atoms with Gasteiger partial charge < -0.3 is 10.4 Å². The van der Waals surface area contributed by atoms with Gasteiger partial charge in [0.15, 0.2) is 0 Å². The van der Waals surface area contributed by atoms with E-state index in [1.165, 1.54) is 13.8 Å². The molecule has 16 heavy (non-hydrogen) atoms. The lowest BCUT2D eigenvalue weighted by molar-refractivity contribution is 0.0926. The molecule has 0 aliphatic rings. The summed E-state index contributed by atoms with van der Waals surface area (Å²) < 4.78 is 12.7. The number of phenols is 1. The van der Waals surface area contributed by atoms with Crippen LogP contribution in [0.5, 0.6) is 5.75 Å². The van der Waals surface area contributed by atoms with Crippen LogP contribution in [-0.2, 0) is 0 Å². The maximum Gasteiger partial charge on any atom is 0.256 e. The highest BCUT2D eigenvalue weighted by molar-refractivity contribution is 5.97. The van der Waals surface area contributed by atoms with Crippen LogP contribution >= 0.6 is 0 Å². The number of rotatable bonds is 2. The summed E-state index contributed by atoms with van der Waals surface area (Å²) in [6, 6.07) is 4.95. The molecule has 0 unspecified atom stereocenters. The van der Waals surface area contributed by atoms with Gasteiger partial charge in [0.2, 0.25) is 0 Å². The van der Waals surface area contributed by atoms with Gasteiger partial charge in [0.25, 0.3) is 5.91 Å². The third-order valence-corrected chi connectivity index (χ3v) is 1.91. The Labute approximate surface area is 92.3 Å². The van der Waals surface area contributed by atoms with Gasteiger partial charge in [-0.3, -0.25) is 4.79 Å². The predicted molar refractivity (Wildman–Crippen MR) is 55.2 cm³/mol. The van der Waals surface area contributed by atoms with Crippen LogP contribution in [0.4, 0.5) is 4.39 Å². The van der Waals surface area contributed by atoms with E-state index >= 15 is 0 Å². The Morgan fingerprint density at radius 3 is 2.69 bits per heavy atom. The van der Waals surface area contributed by atoms with E-state index in [1.54, 1.807) is 0 Å². The summed E-state index contributed by atoms with van der Waals surface area (Å²) in [5.74, 6) is -1.70. The quantitative estimate of drug-likeness (QED) is 0.797. The number of hydrogen-bond acceptors (Lipinski definition) is 3. The SMILES string of the molecule is CC(C)(C#N)NC(=O)c1ccc(F)cc1O. The second-order valence-corrected chi connectivity index (χ2v) is 3.85. The minimum atomic E-state index is -1.04. The third-order valence-electron chi connectivity index (χ3n) is 1.91. The second kappa shape index (κ2) is 4.19. The van der Waals surface area contributed by atoms with Crippen LogP contribution in [0.3, 0.4) is 0 Å². The van der Waals surface area contributed by atoms with Gasteiger partial charge in [0.05, 0.1) is 11.6 Å². The van der Waals surface area contributed by atoms with Crippen LogP contribution in [0.2, 0.25) is 0 Å². The fraction of sp³-hybridized carbons (Fsp3) is 0.273. The standard InChI is InChI=1S/C11H11FN2O2/c1-11(2,6-13)14-10(16)8-4-3-7(12)5-9(8)15/h3-5,15H,1-2H3,(H,14,16). The Balaban J connectivity index is 2.95. The third kappa shape index (κ3) is 2.70. The number of aromatic hydroxyl groups is 1. The summed E-state index contributed by atoms with van der Waals surface area (Å²) in [6.45, 7) is 3.04. The number of nitrogens with zero attached hydrogens (tertiary/aromatic N) is 1. The molecule has 0 fully saturated rings. The van der Waals surface area contributed by atoms with Gasteiger partial charge in [0.1, 0.15) is 17.1 Å². The van der Waals surface area contributed by atoms with Crippen LogP contribution in [0.1, 0.15) is 24.2 Å². The summed E-state index contributed by atoms with van der Waals surface area (Å²) in [5, 5.41) is 20.5. The second-order valence-electron chi connectivity index (χ2n) is 3.85. The summed E-state index contributed by atoms with van der Waals surface area (Å²) in [7, 11) is 0. The van der Waals surface area contributed by atoms with Crippen molar-refractivity contribution < 1.29 is 14.3 Å². The fourth-order valence-electron chi connectivity index (χ4n) is 1.08. The number of nitriles is 1. The topological polar surface area (TPSA) is 73.1 Å². The monoisotopic (exact) mass is 222 g/mol. The minimum absolute atomic E-state index is 0.0651. The van der Waals surface area contributed by atoms with E-state index in [-0.39, 0.29) is 5.56 Å². The molecule has 1 rings (SSSR count). The number of amides is 1. The van der Waals surface area contributed by atoms with Gasteiger partial charge in [-0.1, -0.05) is 0 Å². The zero-order valence-corrected chi connectivity index (χ0v) is 8.91. The molecule has 0 aliphatic heterocycles. The number of hydrogen-bond donors (Lipinski definition) is 2. The van der Waals surface area contributed by atoms with Crippen molar-refractivity contribution in [1.82, 2.24) is 5.32 Å². The highest BCUT2D eigenvalue weighted by Gasteiger charge is 2.21. The Kier molecular flexibility index (Phi) is 3.14. The zero-order valence-electron chi connectivity index (χ0n) is 8.91. The maximum atomic E-state index is 12.7. The van der Waals surface area contributed by atoms with E-state index in [4.69, 9.17) is 5.26 Å². The first-order chi connectivity index (χ1) is 7.35. The molecule has 0 atom stereocenters. The van der Waals surface area contributed by atoms with Crippen molar-refractivity contribution in [2.45, 2.75) is 19.4 Å². The van der Waals surface area contributed by atoms with Crippen molar-refractivity contribution in [1.29, 1.82) is 5.26 Å². The van der Waals surface area contributed by atoms with Crippen molar-refractivity contribution in [2.75, 3.05) is 0 Å². The maximum absolute atomic E-state index is 12.7. The molecular weight excluding hydrogens is 211 g/mol. The summed E-state index contributed by atoms with van der Waals surface area (Å²) in [6.07, 6.45) is 0. The molecule has 4 nitrogen and oxygen atoms in total. The molecular formula is C11H11FN2O2. The van der Waals surface area contributed by atoms with E-state index in [1.807, 2.05) is 6.07 Å². The van der Waals surface area contributed by atoms with E-state index in [0.717, 1.165) is 18.2 Å². The van der Waals surface area contributed by atoms with Crippen molar-refractivity contribution >= 4 is 5.91 Å². The highest BCUT2D eigenvalue weighted by Crippen LogP contribution is 2.18. The van der Waals surface area contributed by atoms with E-state index in [9.17, 15) is 14.3 Å². The average Bonchev–Trinajstić information content (AvgIpc) is 2.16. The number of nitrogens with one attached hydrogen (secondary N) is 1. The normalized spacial score (nSPS) is 10.6. The van der Waals surface area contributed by atoms with Crippen molar-refractivity contribution in [3.8, 4) is 11.8 Å². The first-order valence-electron chi connectivity index (χ1n) is 4.58. The van der Waals surface area contributed by atoms with Crippen LogP contribution in [0, 0.1) is 17.1 Å². The van der Waals surface area contributed by atoms with Crippen molar-refractivity contribution in [2.24, 2.45) is 0 Å². The molecule has 0 heterocycles. The molecule has 1 aromatic rings. The lowest BCUT2D eigenvalue weighted by atomic mass is 10.1. The Morgan fingerprint density at radius 1 is 1.56 bits per heavy atom. The molecule has 0 bridgehead atoms. The molecule has 84 valence electrons. The lowest BCUT2D eigenvalue weighted by Gasteiger charge is -2.17. The predicted octanol–water partition coefficient (Wildman–Crippen LogP) is 1.56. The Bertz CT molecular complexity index is 464. The highest BCUT2D eigenvalue weighted by atomic mass is 19.1. The number of halogens is 1. The summed E-state index contributed by atoms with van der Waals surface area (Å²) in [4.78, 5) is 11.6. The lowest BCUT2D eigenvalue weighted by Crippen LogP contribution is -2.42. The molecule has 0 spiro atoms. The van der Waals surface area contributed by atoms with Crippen molar-refractivity contribution in [3.05, 3.63) is 29.6 Å². The summed E-state index contributed by atoms with van der Waals surface area (Å²) in [5.41, 5.74) is -1.11. The molecule has 0 saturated carbocycles. The Hall–Kier alpha value is -2.09. The number of phenolic OH excluding ortho intramolecular Hbond substituents is 1. The largest absolute Gasteiger partial charge is 0.507 e. The van der Waals surface area contributed by atoms with Crippen LogP contribution in [0.25, 0.3) is 0 Å². The molecule has 1 aromatic carbocycles. The number of benzene rings is 1. The molecule has 1 amide bonds. The first-order valence-corrected chi connectivity index (χ1v) is 4.58. The van der Waals surface area contributed by atoms with Gasteiger partial charge in [-0.25, -0.2) is 4.39 Å². The number of carbonyl (C=O) groups is 1. The smallest absolute Gasteiger partial charge is 0.256 e. The van der Waals surface area contributed by atoms with Gasteiger partial charge in [-0.15, -0.1) is 0 Å². The van der Waals surface area contributed by atoms with E-state index < -0.39 is 23.0 Å². The van der Waals surface area contributed by atoms with Crippen molar-refractivity contribution in [3.63, 3.8) is 0 Å². The van der Waals surface area contributed by atoms with Gasteiger partial charge in [-0.2, -0.15) is 5.26 Å². The molecule has 2 N–H and O–H groups in total. The fourth-order valence-corrected chi connectivity index (χ4v) is 1.08. The van der Waals surface area contributed by atoms with E-state index in [0.29, 0.717) is 0 Å². The zero-order chi connectivity index (χ0) is 12.3. The van der Waals surface area contributed by atoms with Crippen LogP contribution in [-0.4, -0.2) is 16.6 Å². The molecule has 5 heteroatoms. The Morgan fingerprint density at radius 2 is 2.19 bits per heavy atom. The van der Waals surface area contributed by atoms with Crippen LogP contribution < -0.4 is 5.32 Å². The molecule has 0 aromatic heterocycles. The molecule has 0 aliphatic carbocycles. The van der Waals surface area contributed by atoms with Gasteiger partial charge >= 0.3 is 0 Å². The number of carbonyl (C=O) groups excluding carboxylic acids is 1. The minimum Gasteiger partial charge on any atom is -0.507 e. The summed E-state index contributed by atoms with van der Waals surface area (Å²) >= 11 is 0. The van der Waals surface area contributed by atoms with Gasteiger partial charge in [-0.05, 0) is 26.0 Å². The average molecular weight is 222 g/mol. The van der Waals surface area contributed by atoms with E-state index in [2.05, 4.69) is 5.32 Å². The van der Waals surface area contributed by atoms with Gasteiger partial charge in [0, 0.05) is 6.07 Å². The molecule has 0 saturated heterocycles. The molecule has 0 radical (unpaired) electrons. The first kappa shape index (κ1) is 12.0.